The van der Waals surface area contributed by atoms with Crippen molar-refractivity contribution in [2.75, 3.05) is 6.67 Å². The zero-order chi connectivity index (χ0) is 11.8. The Morgan fingerprint density at radius 1 is 1.00 bits per heavy atom. The number of ketones is 1. The zero-order valence-corrected chi connectivity index (χ0v) is 10.5. The van der Waals surface area contributed by atoms with Gasteiger partial charge < -0.3 is 0 Å². The molecule has 14 heavy (non-hydrogen) atoms. The van der Waals surface area contributed by atoms with Crippen LogP contribution < -0.4 is 0 Å². The fourth-order valence-corrected chi connectivity index (χ4v) is 1.43. The molecular formula is C12H23FO. The average Bonchev–Trinajstić information content (AvgIpc) is 1.97. The molecule has 0 aromatic rings. The molecule has 0 saturated heterocycles. The number of halogens is 1. The summed E-state index contributed by atoms with van der Waals surface area (Å²) in [4.78, 5) is 12.1. The standard InChI is InChI=1S/C12H23FO/c1-10(2,3)9(14)12(7,8-13)11(4,5)6/h8H2,1-7H3/t12-/m1/s1. The van der Waals surface area contributed by atoms with Crippen molar-refractivity contribution in [3.63, 3.8) is 0 Å². The number of alkyl halides is 1. The molecule has 0 aromatic carbocycles. The summed E-state index contributed by atoms with van der Waals surface area (Å²) >= 11 is 0. The van der Waals surface area contributed by atoms with Crippen molar-refractivity contribution in [3.05, 3.63) is 0 Å². The van der Waals surface area contributed by atoms with Crippen molar-refractivity contribution in [1.82, 2.24) is 0 Å². The molecule has 1 atom stereocenters. The number of carbonyl (C=O) groups is 1. The summed E-state index contributed by atoms with van der Waals surface area (Å²) in [6, 6.07) is 0. The highest BCUT2D eigenvalue weighted by molar-refractivity contribution is 5.89. The molecule has 0 N–H and O–H groups in total. The fourth-order valence-electron chi connectivity index (χ4n) is 1.43. The second kappa shape index (κ2) is 3.63. The van der Waals surface area contributed by atoms with E-state index < -0.39 is 17.5 Å². The molecule has 0 unspecified atom stereocenters. The van der Waals surface area contributed by atoms with E-state index in [2.05, 4.69) is 0 Å². The summed E-state index contributed by atoms with van der Waals surface area (Å²) in [6.45, 7) is 12.4. The topological polar surface area (TPSA) is 17.1 Å². The number of rotatable bonds is 2. The van der Waals surface area contributed by atoms with Gasteiger partial charge in [0.1, 0.15) is 12.5 Å². The maximum atomic E-state index is 13.1. The lowest BCUT2D eigenvalue weighted by molar-refractivity contribution is -0.143. The van der Waals surface area contributed by atoms with Gasteiger partial charge in [-0.1, -0.05) is 41.5 Å². The van der Waals surface area contributed by atoms with Crippen LogP contribution in [0.2, 0.25) is 0 Å². The Labute approximate surface area is 87.1 Å². The lowest BCUT2D eigenvalue weighted by Crippen LogP contribution is -2.47. The third-order valence-electron chi connectivity index (χ3n) is 3.10. The van der Waals surface area contributed by atoms with Crippen LogP contribution in [0.25, 0.3) is 0 Å². The minimum Gasteiger partial charge on any atom is -0.298 e. The van der Waals surface area contributed by atoms with Crippen molar-refractivity contribution in [2.45, 2.75) is 48.5 Å². The van der Waals surface area contributed by atoms with Crippen molar-refractivity contribution in [1.29, 1.82) is 0 Å². The molecule has 0 heterocycles. The summed E-state index contributed by atoms with van der Waals surface area (Å²) < 4.78 is 13.1. The van der Waals surface area contributed by atoms with Gasteiger partial charge in [-0.25, -0.2) is 4.39 Å². The van der Waals surface area contributed by atoms with Gasteiger partial charge in [0.2, 0.25) is 0 Å². The molecule has 84 valence electrons. The first-order valence-corrected chi connectivity index (χ1v) is 5.07. The van der Waals surface area contributed by atoms with Crippen molar-refractivity contribution >= 4 is 5.78 Å². The Morgan fingerprint density at radius 2 is 1.36 bits per heavy atom. The molecule has 0 fully saturated rings. The summed E-state index contributed by atoms with van der Waals surface area (Å²) in [5.74, 6) is 0.000000000000000666. The monoisotopic (exact) mass is 202 g/mol. The Kier molecular flexibility index (Phi) is 3.53. The minimum atomic E-state index is -0.884. The number of carbonyl (C=O) groups excluding carboxylic acids is 1. The van der Waals surface area contributed by atoms with Crippen LogP contribution in [0.15, 0.2) is 0 Å². The molecule has 0 saturated carbocycles. The Morgan fingerprint density at radius 3 is 1.43 bits per heavy atom. The third-order valence-corrected chi connectivity index (χ3v) is 3.10. The smallest absolute Gasteiger partial charge is 0.147 e. The molecule has 0 aliphatic heterocycles. The lowest BCUT2D eigenvalue weighted by atomic mass is 9.61. The Bertz CT molecular complexity index is 219. The first-order valence-electron chi connectivity index (χ1n) is 5.07. The van der Waals surface area contributed by atoms with Gasteiger partial charge in [-0.15, -0.1) is 0 Å². The quantitative estimate of drug-likeness (QED) is 0.668. The SMILES string of the molecule is CC(C)(C)C(=O)[C@@](C)(CF)C(C)(C)C. The average molecular weight is 202 g/mol. The minimum absolute atomic E-state index is 0.000000000000000666. The van der Waals surface area contributed by atoms with Crippen LogP contribution in [-0.4, -0.2) is 12.5 Å². The van der Waals surface area contributed by atoms with E-state index in [9.17, 15) is 9.18 Å². The first kappa shape index (κ1) is 13.6. The highest BCUT2D eigenvalue weighted by Gasteiger charge is 2.48. The van der Waals surface area contributed by atoms with E-state index >= 15 is 0 Å². The van der Waals surface area contributed by atoms with Gasteiger partial charge in [-0.05, 0) is 12.3 Å². The molecule has 0 spiro atoms. The first-order chi connectivity index (χ1) is 5.97. The highest BCUT2D eigenvalue weighted by atomic mass is 19.1. The molecule has 0 aromatic heterocycles. The number of hydrogen-bond donors (Lipinski definition) is 0. The molecular weight excluding hydrogens is 179 g/mol. The summed E-state index contributed by atoms with van der Waals surface area (Å²) in [5.41, 5.74) is -1.70. The molecule has 0 rings (SSSR count). The van der Waals surface area contributed by atoms with Crippen LogP contribution in [0, 0.1) is 16.2 Å². The van der Waals surface area contributed by atoms with Crippen LogP contribution in [0.3, 0.4) is 0 Å². The maximum Gasteiger partial charge on any atom is 0.147 e. The second-order valence-electron chi connectivity index (χ2n) is 6.29. The van der Waals surface area contributed by atoms with Crippen molar-refractivity contribution in [2.24, 2.45) is 16.2 Å². The van der Waals surface area contributed by atoms with Crippen molar-refractivity contribution in [3.8, 4) is 0 Å². The van der Waals surface area contributed by atoms with E-state index in [1.807, 2.05) is 41.5 Å². The van der Waals surface area contributed by atoms with Gasteiger partial charge in [0.05, 0.1) is 5.41 Å². The molecule has 0 radical (unpaired) electrons. The van der Waals surface area contributed by atoms with E-state index in [1.165, 1.54) is 0 Å². The van der Waals surface area contributed by atoms with Gasteiger partial charge >= 0.3 is 0 Å². The maximum absolute atomic E-state index is 13.1. The van der Waals surface area contributed by atoms with Crippen LogP contribution in [0.1, 0.15) is 48.5 Å². The normalized spacial score (nSPS) is 17.7. The molecule has 0 aliphatic carbocycles. The fraction of sp³-hybridized carbons (Fsp3) is 0.917. The third kappa shape index (κ3) is 2.34. The molecule has 1 nitrogen and oxygen atoms in total. The van der Waals surface area contributed by atoms with E-state index in [1.54, 1.807) is 6.92 Å². The summed E-state index contributed by atoms with van der Waals surface area (Å²) in [7, 11) is 0. The number of hydrogen-bond acceptors (Lipinski definition) is 1. The van der Waals surface area contributed by atoms with E-state index in [-0.39, 0.29) is 11.2 Å². The van der Waals surface area contributed by atoms with Gasteiger partial charge in [0.25, 0.3) is 0 Å². The molecule has 2 heteroatoms. The Balaban J connectivity index is 5.19. The van der Waals surface area contributed by atoms with E-state index in [4.69, 9.17) is 0 Å². The predicted octanol–water partition coefficient (Wildman–Crippen LogP) is 3.62. The largest absolute Gasteiger partial charge is 0.298 e. The van der Waals surface area contributed by atoms with E-state index in [0.717, 1.165) is 0 Å². The highest BCUT2D eigenvalue weighted by Crippen LogP contribution is 2.43. The summed E-state index contributed by atoms with van der Waals surface area (Å²) in [5, 5.41) is 0. The van der Waals surface area contributed by atoms with Crippen LogP contribution in [0.5, 0.6) is 0 Å². The van der Waals surface area contributed by atoms with Crippen molar-refractivity contribution < 1.29 is 9.18 Å². The second-order valence-corrected chi connectivity index (χ2v) is 6.29. The van der Waals surface area contributed by atoms with Gasteiger partial charge in [0, 0.05) is 5.41 Å². The van der Waals surface area contributed by atoms with E-state index in [0.29, 0.717) is 0 Å². The number of Topliss-reactive ketones (excluding diaryl/α,β-unsaturated/α-hetero) is 1. The zero-order valence-electron chi connectivity index (χ0n) is 10.5. The van der Waals surface area contributed by atoms with Gasteiger partial charge in [0.15, 0.2) is 0 Å². The van der Waals surface area contributed by atoms with Gasteiger partial charge in [-0.2, -0.15) is 0 Å². The predicted molar refractivity (Wildman–Crippen MR) is 58.0 cm³/mol. The Hall–Kier alpha value is -0.400. The lowest BCUT2D eigenvalue weighted by Gasteiger charge is -2.42. The molecule has 0 bridgehead atoms. The van der Waals surface area contributed by atoms with Crippen LogP contribution >= 0.6 is 0 Å². The summed E-state index contributed by atoms with van der Waals surface area (Å²) in [6.07, 6.45) is 0. The molecule has 0 amide bonds. The van der Waals surface area contributed by atoms with Gasteiger partial charge in [-0.3, -0.25) is 4.79 Å². The van der Waals surface area contributed by atoms with Crippen LogP contribution in [0.4, 0.5) is 4.39 Å². The van der Waals surface area contributed by atoms with Crippen LogP contribution in [-0.2, 0) is 4.79 Å². The molecule has 0 aliphatic rings.